The number of ether oxygens (including phenoxy) is 1. The zero-order valence-corrected chi connectivity index (χ0v) is 23.2. The smallest absolute Gasteiger partial charge is 0.243 e. The number of amides is 2. The summed E-state index contributed by atoms with van der Waals surface area (Å²) in [5.41, 5.74) is 2.99. The molecule has 0 bridgehead atoms. The van der Waals surface area contributed by atoms with Crippen LogP contribution in [-0.4, -0.2) is 42.2 Å². The van der Waals surface area contributed by atoms with E-state index in [2.05, 4.69) is 19.2 Å². The number of benzene rings is 3. The Morgan fingerprint density at radius 2 is 1.65 bits per heavy atom. The molecule has 7 heteroatoms. The van der Waals surface area contributed by atoms with E-state index in [-0.39, 0.29) is 17.6 Å². The molecule has 0 aliphatic heterocycles. The number of carbonyl (C=O) groups is 2. The van der Waals surface area contributed by atoms with Crippen molar-refractivity contribution in [3.63, 3.8) is 0 Å². The molecule has 5 nitrogen and oxygen atoms in total. The molecule has 1 N–H and O–H groups in total. The van der Waals surface area contributed by atoms with Gasteiger partial charge in [-0.25, -0.2) is 0 Å². The van der Waals surface area contributed by atoms with Crippen LogP contribution in [0.1, 0.15) is 30.5 Å². The maximum Gasteiger partial charge on any atom is 0.243 e. The Morgan fingerprint density at radius 3 is 2.30 bits per heavy atom. The van der Waals surface area contributed by atoms with E-state index in [4.69, 9.17) is 16.3 Å². The Labute approximate surface area is 229 Å². The summed E-state index contributed by atoms with van der Waals surface area (Å²) >= 11 is 7.78. The highest BCUT2D eigenvalue weighted by atomic mass is 35.5. The standard InChI is InChI=1S/C30H35ClN2O3S/c1-22(2)18-32-30(35)28(17-23-8-5-4-6-9-23)33(19-25-10-7-11-26(31)16-25)29(34)21-37-20-24-12-14-27(36-3)15-13-24/h4-16,22,28H,17-21H2,1-3H3,(H,32,35)/t28-/m0/s1. The predicted octanol–water partition coefficient (Wildman–Crippen LogP) is 5.99. The molecule has 0 radical (unpaired) electrons. The summed E-state index contributed by atoms with van der Waals surface area (Å²) < 4.78 is 5.23. The number of thioether (sulfide) groups is 1. The molecule has 0 unspecified atom stereocenters. The highest BCUT2D eigenvalue weighted by molar-refractivity contribution is 7.99. The third kappa shape index (κ3) is 9.45. The van der Waals surface area contributed by atoms with Gasteiger partial charge in [0.1, 0.15) is 11.8 Å². The molecule has 3 aromatic rings. The molecule has 0 aliphatic carbocycles. The second kappa shape index (κ2) is 14.7. The molecular weight excluding hydrogens is 504 g/mol. The summed E-state index contributed by atoms with van der Waals surface area (Å²) in [6.45, 7) is 4.96. The minimum atomic E-state index is -0.644. The van der Waals surface area contributed by atoms with Crippen molar-refractivity contribution in [1.82, 2.24) is 10.2 Å². The summed E-state index contributed by atoms with van der Waals surface area (Å²) in [6, 6.07) is 24.5. The number of rotatable bonds is 13. The topological polar surface area (TPSA) is 58.6 Å². The third-order valence-corrected chi connectivity index (χ3v) is 7.07. The minimum Gasteiger partial charge on any atom is -0.497 e. The van der Waals surface area contributed by atoms with Crippen molar-refractivity contribution in [2.24, 2.45) is 5.92 Å². The van der Waals surface area contributed by atoms with E-state index >= 15 is 0 Å². The van der Waals surface area contributed by atoms with Crippen LogP contribution in [0, 0.1) is 5.92 Å². The van der Waals surface area contributed by atoms with Crippen LogP contribution in [0.5, 0.6) is 5.75 Å². The summed E-state index contributed by atoms with van der Waals surface area (Å²) in [5, 5.41) is 3.65. The van der Waals surface area contributed by atoms with Crippen LogP contribution in [0.4, 0.5) is 0 Å². The first kappa shape index (κ1) is 28.6. The fraction of sp³-hybridized carbons (Fsp3) is 0.333. The Morgan fingerprint density at radius 1 is 0.946 bits per heavy atom. The summed E-state index contributed by atoms with van der Waals surface area (Å²) in [7, 11) is 1.64. The molecule has 2 amide bonds. The molecular formula is C30H35ClN2O3S. The van der Waals surface area contributed by atoms with E-state index in [1.54, 1.807) is 18.1 Å². The van der Waals surface area contributed by atoms with Gasteiger partial charge >= 0.3 is 0 Å². The number of hydrogen-bond acceptors (Lipinski definition) is 4. The lowest BCUT2D eigenvalue weighted by Gasteiger charge is -2.32. The monoisotopic (exact) mass is 538 g/mol. The van der Waals surface area contributed by atoms with Crippen LogP contribution >= 0.6 is 23.4 Å². The summed E-state index contributed by atoms with van der Waals surface area (Å²) in [6.07, 6.45) is 0.431. The van der Waals surface area contributed by atoms with Gasteiger partial charge in [-0.05, 0) is 46.9 Å². The Kier molecular flexibility index (Phi) is 11.4. The Bertz CT molecular complexity index is 1140. The first-order chi connectivity index (χ1) is 17.9. The van der Waals surface area contributed by atoms with Crippen molar-refractivity contribution in [2.45, 2.75) is 38.6 Å². The van der Waals surface area contributed by atoms with E-state index in [1.165, 1.54) is 11.8 Å². The highest BCUT2D eigenvalue weighted by Crippen LogP contribution is 2.21. The quantitative estimate of drug-likeness (QED) is 0.290. The van der Waals surface area contributed by atoms with Gasteiger partial charge in [-0.15, -0.1) is 11.8 Å². The number of nitrogens with one attached hydrogen (secondary N) is 1. The molecule has 0 aromatic heterocycles. The highest BCUT2D eigenvalue weighted by Gasteiger charge is 2.30. The van der Waals surface area contributed by atoms with Crippen LogP contribution in [-0.2, 0) is 28.3 Å². The predicted molar refractivity (Wildman–Crippen MR) is 153 cm³/mol. The molecule has 0 fully saturated rings. The number of halogens is 1. The zero-order chi connectivity index (χ0) is 26.6. The number of nitrogens with zero attached hydrogens (tertiary/aromatic N) is 1. The molecule has 1 atom stereocenters. The van der Waals surface area contributed by atoms with E-state index in [9.17, 15) is 9.59 Å². The van der Waals surface area contributed by atoms with Gasteiger partial charge in [-0.3, -0.25) is 9.59 Å². The fourth-order valence-electron chi connectivity index (χ4n) is 3.87. The molecule has 0 aliphatic rings. The lowest BCUT2D eigenvalue weighted by Crippen LogP contribution is -2.51. The van der Waals surface area contributed by atoms with Gasteiger partial charge in [-0.1, -0.05) is 80.0 Å². The van der Waals surface area contributed by atoms with Gasteiger partial charge < -0.3 is 15.0 Å². The normalized spacial score (nSPS) is 11.7. The first-order valence-corrected chi connectivity index (χ1v) is 13.9. The van der Waals surface area contributed by atoms with Crippen LogP contribution in [0.15, 0.2) is 78.9 Å². The van der Waals surface area contributed by atoms with Crippen molar-refractivity contribution in [3.8, 4) is 5.75 Å². The van der Waals surface area contributed by atoms with Gasteiger partial charge in [0.25, 0.3) is 0 Å². The minimum absolute atomic E-state index is 0.0842. The van der Waals surface area contributed by atoms with E-state index in [1.807, 2.05) is 72.8 Å². The van der Waals surface area contributed by atoms with Crippen molar-refractivity contribution in [1.29, 1.82) is 0 Å². The second-order valence-electron chi connectivity index (χ2n) is 9.34. The molecule has 37 heavy (non-hydrogen) atoms. The Balaban J connectivity index is 1.82. The Hall–Kier alpha value is -2.96. The molecule has 3 aromatic carbocycles. The molecule has 0 heterocycles. The average molecular weight is 539 g/mol. The third-order valence-electron chi connectivity index (χ3n) is 5.85. The first-order valence-electron chi connectivity index (χ1n) is 12.4. The van der Waals surface area contributed by atoms with Crippen LogP contribution in [0.2, 0.25) is 5.02 Å². The fourth-order valence-corrected chi connectivity index (χ4v) is 4.95. The molecule has 0 saturated carbocycles. The summed E-state index contributed by atoms with van der Waals surface area (Å²) in [4.78, 5) is 28.8. The van der Waals surface area contributed by atoms with Crippen molar-refractivity contribution in [2.75, 3.05) is 19.4 Å². The van der Waals surface area contributed by atoms with E-state index < -0.39 is 6.04 Å². The van der Waals surface area contributed by atoms with Gasteiger partial charge in [0.2, 0.25) is 11.8 Å². The van der Waals surface area contributed by atoms with Gasteiger partial charge in [0.15, 0.2) is 0 Å². The SMILES string of the molecule is COc1ccc(CSCC(=O)N(Cc2cccc(Cl)c2)[C@@H](Cc2ccccc2)C(=O)NCC(C)C)cc1. The van der Waals surface area contributed by atoms with Crippen molar-refractivity contribution < 1.29 is 14.3 Å². The molecule has 196 valence electrons. The molecule has 0 saturated heterocycles. The lowest BCUT2D eigenvalue weighted by molar-refractivity contribution is -0.139. The van der Waals surface area contributed by atoms with Crippen molar-refractivity contribution >= 4 is 35.2 Å². The number of methoxy groups -OCH3 is 1. The number of hydrogen-bond donors (Lipinski definition) is 1. The van der Waals surface area contributed by atoms with Gasteiger partial charge in [0.05, 0.1) is 12.9 Å². The maximum atomic E-state index is 13.7. The van der Waals surface area contributed by atoms with E-state index in [0.717, 1.165) is 22.4 Å². The van der Waals surface area contributed by atoms with E-state index in [0.29, 0.717) is 36.2 Å². The lowest BCUT2D eigenvalue weighted by atomic mass is 10.0. The van der Waals surface area contributed by atoms with Crippen LogP contribution in [0.3, 0.4) is 0 Å². The average Bonchev–Trinajstić information content (AvgIpc) is 2.90. The van der Waals surface area contributed by atoms with Crippen LogP contribution in [0.25, 0.3) is 0 Å². The van der Waals surface area contributed by atoms with Crippen molar-refractivity contribution in [3.05, 3.63) is 101 Å². The number of carbonyl (C=O) groups excluding carboxylic acids is 2. The second-order valence-corrected chi connectivity index (χ2v) is 10.8. The largest absolute Gasteiger partial charge is 0.497 e. The van der Waals surface area contributed by atoms with Gasteiger partial charge in [-0.2, -0.15) is 0 Å². The van der Waals surface area contributed by atoms with Crippen LogP contribution < -0.4 is 10.1 Å². The van der Waals surface area contributed by atoms with Gasteiger partial charge in [0, 0.05) is 30.3 Å². The maximum absolute atomic E-state index is 13.7. The zero-order valence-electron chi connectivity index (χ0n) is 21.7. The molecule has 3 rings (SSSR count). The molecule has 0 spiro atoms. The summed E-state index contributed by atoms with van der Waals surface area (Å²) in [5.74, 6) is 1.82.